The lowest BCUT2D eigenvalue weighted by molar-refractivity contribution is -0.880. The smallest absolute Gasteiger partial charge is 0.317 e. The Morgan fingerprint density at radius 1 is 1.14 bits per heavy atom. The quantitative estimate of drug-likeness (QED) is 0.816. The van der Waals surface area contributed by atoms with Gasteiger partial charge in [0.15, 0.2) is 5.82 Å². The first kappa shape index (κ1) is 18.7. The van der Waals surface area contributed by atoms with Crippen LogP contribution in [-0.4, -0.2) is 67.2 Å². The predicted octanol–water partition coefficient (Wildman–Crippen LogP) is 0.566. The van der Waals surface area contributed by atoms with Gasteiger partial charge in [-0.2, -0.15) is 0 Å². The van der Waals surface area contributed by atoms with Crippen LogP contribution in [0.5, 0.6) is 0 Å². The number of aromatic nitrogens is 2. The zero-order chi connectivity index (χ0) is 19.5. The molecule has 2 amide bonds. The summed E-state index contributed by atoms with van der Waals surface area (Å²) >= 11 is 0. The third-order valence-corrected chi connectivity index (χ3v) is 5.60. The van der Waals surface area contributed by atoms with E-state index in [0.717, 1.165) is 61.1 Å². The summed E-state index contributed by atoms with van der Waals surface area (Å²) in [6, 6.07) is 10.2. The molecule has 148 valence electrons. The van der Waals surface area contributed by atoms with Crippen LogP contribution in [0.4, 0.5) is 10.6 Å². The van der Waals surface area contributed by atoms with Gasteiger partial charge in [0, 0.05) is 30.6 Å². The SMILES string of the molecule is CCNC(=O)N1CCc2nc(-c3ccccc3)nc(N3CC[NH+](C)CC3)c2C1. The highest BCUT2D eigenvalue weighted by atomic mass is 16.2. The Labute approximate surface area is 166 Å². The first-order valence-corrected chi connectivity index (χ1v) is 10.2. The van der Waals surface area contributed by atoms with Gasteiger partial charge in [0.05, 0.1) is 45.5 Å². The van der Waals surface area contributed by atoms with E-state index < -0.39 is 0 Å². The molecule has 1 saturated heterocycles. The van der Waals surface area contributed by atoms with Crippen molar-refractivity contribution in [1.29, 1.82) is 0 Å². The third kappa shape index (κ3) is 3.80. The van der Waals surface area contributed by atoms with Crippen molar-refractivity contribution in [2.45, 2.75) is 19.9 Å². The molecule has 0 atom stereocenters. The number of amides is 2. The van der Waals surface area contributed by atoms with Crippen molar-refractivity contribution < 1.29 is 9.69 Å². The Balaban J connectivity index is 1.72. The number of piperazine rings is 1. The fraction of sp³-hybridized carbons (Fsp3) is 0.476. The fourth-order valence-corrected chi connectivity index (χ4v) is 3.91. The Bertz CT molecular complexity index is 832. The second-order valence-electron chi connectivity index (χ2n) is 7.61. The molecule has 0 aliphatic carbocycles. The van der Waals surface area contributed by atoms with Gasteiger partial charge in [-0.3, -0.25) is 0 Å². The normalized spacial score (nSPS) is 17.4. The van der Waals surface area contributed by atoms with Gasteiger partial charge in [-0.1, -0.05) is 30.3 Å². The van der Waals surface area contributed by atoms with E-state index in [1.54, 1.807) is 4.90 Å². The molecule has 28 heavy (non-hydrogen) atoms. The number of benzene rings is 1. The molecule has 7 nitrogen and oxygen atoms in total. The van der Waals surface area contributed by atoms with Crippen molar-refractivity contribution in [3.63, 3.8) is 0 Å². The fourth-order valence-electron chi connectivity index (χ4n) is 3.91. The van der Waals surface area contributed by atoms with Crippen LogP contribution in [0.25, 0.3) is 11.4 Å². The minimum atomic E-state index is -0.00550. The van der Waals surface area contributed by atoms with Gasteiger partial charge < -0.3 is 20.0 Å². The number of nitrogens with zero attached hydrogens (tertiary/aromatic N) is 4. The van der Waals surface area contributed by atoms with Gasteiger partial charge >= 0.3 is 6.03 Å². The van der Waals surface area contributed by atoms with Crippen LogP contribution in [0.2, 0.25) is 0 Å². The van der Waals surface area contributed by atoms with E-state index in [4.69, 9.17) is 9.97 Å². The minimum Gasteiger partial charge on any atom is -0.345 e. The molecule has 0 radical (unpaired) electrons. The van der Waals surface area contributed by atoms with Crippen molar-refractivity contribution in [2.24, 2.45) is 0 Å². The topological polar surface area (TPSA) is 65.8 Å². The van der Waals surface area contributed by atoms with Gasteiger partial charge in [0.2, 0.25) is 0 Å². The Morgan fingerprint density at radius 2 is 1.89 bits per heavy atom. The highest BCUT2D eigenvalue weighted by Gasteiger charge is 2.29. The molecule has 1 fully saturated rings. The summed E-state index contributed by atoms with van der Waals surface area (Å²) in [6.07, 6.45) is 0.765. The van der Waals surface area contributed by atoms with Crippen LogP contribution >= 0.6 is 0 Å². The number of carbonyl (C=O) groups is 1. The first-order chi connectivity index (χ1) is 13.7. The van der Waals surface area contributed by atoms with Crippen LogP contribution in [0, 0.1) is 0 Å². The molecule has 1 aromatic heterocycles. The van der Waals surface area contributed by atoms with Crippen LogP contribution < -0.4 is 15.1 Å². The molecular weight excluding hydrogens is 352 g/mol. The molecule has 0 unspecified atom stereocenters. The Kier molecular flexibility index (Phi) is 5.43. The van der Waals surface area contributed by atoms with Gasteiger partial charge in [-0.15, -0.1) is 0 Å². The highest BCUT2D eigenvalue weighted by Crippen LogP contribution is 2.29. The predicted molar refractivity (Wildman–Crippen MR) is 109 cm³/mol. The molecule has 2 aliphatic heterocycles. The minimum absolute atomic E-state index is 0.00550. The molecule has 2 N–H and O–H groups in total. The maximum absolute atomic E-state index is 12.4. The van der Waals surface area contributed by atoms with Crippen LogP contribution in [0.3, 0.4) is 0 Å². The maximum Gasteiger partial charge on any atom is 0.317 e. The summed E-state index contributed by atoms with van der Waals surface area (Å²) in [5.41, 5.74) is 3.23. The summed E-state index contributed by atoms with van der Waals surface area (Å²) in [5, 5.41) is 2.92. The number of rotatable bonds is 3. The average molecular weight is 382 g/mol. The molecule has 0 spiro atoms. The van der Waals surface area contributed by atoms with E-state index in [-0.39, 0.29) is 6.03 Å². The molecule has 2 aliphatic rings. The van der Waals surface area contributed by atoms with E-state index in [1.807, 2.05) is 30.0 Å². The first-order valence-electron chi connectivity index (χ1n) is 10.2. The van der Waals surface area contributed by atoms with E-state index in [2.05, 4.69) is 29.4 Å². The molecule has 1 aromatic carbocycles. The standard InChI is InChI=1S/C21H28N6O/c1-3-22-21(28)27-10-9-18-17(15-27)20(26-13-11-25(2)12-14-26)24-19(23-18)16-7-5-4-6-8-16/h4-8H,3,9-15H2,1-2H3,(H,22,28)/p+1. The number of carbonyl (C=O) groups excluding carboxylic acids is 1. The largest absolute Gasteiger partial charge is 0.345 e. The summed E-state index contributed by atoms with van der Waals surface area (Å²) < 4.78 is 0. The lowest BCUT2D eigenvalue weighted by atomic mass is 10.0. The zero-order valence-electron chi connectivity index (χ0n) is 16.7. The van der Waals surface area contributed by atoms with Gasteiger partial charge in [0.1, 0.15) is 5.82 Å². The lowest BCUT2D eigenvalue weighted by Gasteiger charge is -2.35. The van der Waals surface area contributed by atoms with Crippen LogP contribution in [0.15, 0.2) is 30.3 Å². The average Bonchev–Trinajstić information content (AvgIpc) is 2.74. The summed E-state index contributed by atoms with van der Waals surface area (Å²) in [4.78, 5) is 28.1. The van der Waals surface area contributed by atoms with Crippen molar-refractivity contribution >= 4 is 11.8 Å². The second-order valence-corrected chi connectivity index (χ2v) is 7.61. The number of anilines is 1. The van der Waals surface area contributed by atoms with Crippen molar-refractivity contribution in [3.8, 4) is 11.4 Å². The Hall–Kier alpha value is -2.67. The molecule has 0 bridgehead atoms. The Morgan fingerprint density at radius 3 is 2.61 bits per heavy atom. The number of quaternary nitrogens is 1. The molecule has 0 saturated carbocycles. The summed E-state index contributed by atoms with van der Waals surface area (Å²) in [6.45, 7) is 8.00. The van der Waals surface area contributed by atoms with Gasteiger partial charge in [-0.25, -0.2) is 14.8 Å². The van der Waals surface area contributed by atoms with Crippen molar-refractivity contribution in [1.82, 2.24) is 20.2 Å². The molecule has 4 rings (SSSR count). The summed E-state index contributed by atoms with van der Waals surface area (Å²) in [7, 11) is 2.24. The lowest BCUT2D eigenvalue weighted by Crippen LogP contribution is -3.12. The number of nitrogens with one attached hydrogen (secondary N) is 2. The third-order valence-electron chi connectivity index (χ3n) is 5.60. The van der Waals surface area contributed by atoms with Crippen LogP contribution in [-0.2, 0) is 13.0 Å². The zero-order valence-corrected chi connectivity index (χ0v) is 16.7. The van der Waals surface area contributed by atoms with E-state index in [0.29, 0.717) is 19.6 Å². The second kappa shape index (κ2) is 8.14. The van der Waals surface area contributed by atoms with E-state index >= 15 is 0 Å². The number of fused-ring (bicyclic) bond motifs is 1. The molecule has 7 heteroatoms. The maximum atomic E-state index is 12.4. The highest BCUT2D eigenvalue weighted by molar-refractivity contribution is 5.75. The monoisotopic (exact) mass is 381 g/mol. The van der Waals surface area contributed by atoms with Gasteiger partial charge in [-0.05, 0) is 6.92 Å². The van der Waals surface area contributed by atoms with Crippen LogP contribution in [0.1, 0.15) is 18.2 Å². The van der Waals surface area contributed by atoms with E-state index in [1.165, 1.54) is 0 Å². The molecule has 3 heterocycles. The van der Waals surface area contributed by atoms with Crippen molar-refractivity contribution in [2.75, 3.05) is 51.2 Å². The number of urea groups is 1. The number of hydrogen-bond acceptors (Lipinski definition) is 4. The van der Waals surface area contributed by atoms with Crippen molar-refractivity contribution in [3.05, 3.63) is 41.6 Å². The summed E-state index contributed by atoms with van der Waals surface area (Å²) in [5.74, 6) is 1.79. The number of hydrogen-bond donors (Lipinski definition) is 2. The van der Waals surface area contributed by atoms with E-state index in [9.17, 15) is 4.79 Å². The van der Waals surface area contributed by atoms with Gasteiger partial charge in [0.25, 0.3) is 0 Å². The molecule has 2 aromatic rings. The molecular formula is C21H29N6O+. The number of likely N-dealkylation sites (N-methyl/N-ethyl adjacent to an activating group) is 1.